The Balaban J connectivity index is 1.76. The standard InChI is InChI=1S/C18H32N2O3S/c1-16(2,3)23-15(21)20-9-7-18(8-10-20)11-14(12-18)13-19-24(22)17(4,5)6/h13-14H,7-12H2,1-6H3/b19-13+. The third-order valence-electron chi connectivity index (χ3n) is 4.76. The second kappa shape index (κ2) is 6.87. The molecule has 0 bridgehead atoms. The number of nitrogens with zero attached hydrogens (tertiary/aromatic N) is 2. The molecule has 1 saturated carbocycles. The zero-order valence-corrected chi connectivity index (χ0v) is 16.7. The Morgan fingerprint density at radius 2 is 1.75 bits per heavy atom. The number of rotatable bonds is 2. The second-order valence-corrected chi connectivity index (χ2v) is 11.2. The van der Waals surface area contributed by atoms with E-state index in [1.807, 2.05) is 52.7 Å². The predicted molar refractivity (Wildman–Crippen MR) is 98.6 cm³/mol. The minimum atomic E-state index is -1.16. The topological polar surface area (TPSA) is 65.0 Å². The van der Waals surface area contributed by atoms with Crippen molar-refractivity contribution in [2.75, 3.05) is 13.1 Å². The van der Waals surface area contributed by atoms with Crippen LogP contribution in [-0.2, 0) is 16.1 Å². The van der Waals surface area contributed by atoms with Gasteiger partial charge in [0, 0.05) is 13.1 Å². The first-order valence-electron chi connectivity index (χ1n) is 8.84. The number of amides is 1. The maximum atomic E-state index is 12.1. The molecule has 0 N–H and O–H groups in total. The molecule has 138 valence electrons. The summed E-state index contributed by atoms with van der Waals surface area (Å²) in [5.74, 6) is 0.435. The summed E-state index contributed by atoms with van der Waals surface area (Å²) >= 11 is -1.16. The van der Waals surface area contributed by atoms with Gasteiger partial charge in [0.25, 0.3) is 0 Å². The van der Waals surface area contributed by atoms with Gasteiger partial charge in [-0.3, -0.25) is 0 Å². The van der Waals surface area contributed by atoms with Crippen molar-refractivity contribution in [1.82, 2.24) is 4.90 Å². The van der Waals surface area contributed by atoms with Crippen LogP contribution in [-0.4, -0.2) is 45.2 Å². The van der Waals surface area contributed by atoms with Crippen molar-refractivity contribution < 1.29 is 14.1 Å². The molecule has 1 saturated heterocycles. The smallest absolute Gasteiger partial charge is 0.410 e. The van der Waals surface area contributed by atoms with Gasteiger partial charge in [-0.1, -0.05) is 4.40 Å². The van der Waals surface area contributed by atoms with Crippen LogP contribution < -0.4 is 0 Å². The molecule has 1 amide bonds. The van der Waals surface area contributed by atoms with E-state index in [1.165, 1.54) is 0 Å². The molecular weight excluding hydrogens is 324 g/mol. The molecular formula is C18H32N2O3S. The maximum Gasteiger partial charge on any atom is 0.410 e. The van der Waals surface area contributed by atoms with Crippen LogP contribution >= 0.6 is 0 Å². The molecule has 5 nitrogen and oxygen atoms in total. The van der Waals surface area contributed by atoms with Crippen molar-refractivity contribution in [3.8, 4) is 0 Å². The molecule has 6 heteroatoms. The fraction of sp³-hybridized carbons (Fsp3) is 0.889. The number of carbonyl (C=O) groups is 1. The molecule has 2 aliphatic rings. The molecule has 0 aromatic carbocycles. The fourth-order valence-electron chi connectivity index (χ4n) is 3.36. The molecule has 24 heavy (non-hydrogen) atoms. The molecule has 1 heterocycles. The summed E-state index contributed by atoms with van der Waals surface area (Å²) in [5, 5.41) is 0. The average molecular weight is 357 g/mol. The summed E-state index contributed by atoms with van der Waals surface area (Å²) in [6, 6.07) is 0. The van der Waals surface area contributed by atoms with Gasteiger partial charge in [-0.15, -0.1) is 0 Å². The molecule has 0 radical (unpaired) electrons. The number of ether oxygens (including phenoxy) is 1. The van der Waals surface area contributed by atoms with Crippen molar-refractivity contribution in [3.63, 3.8) is 0 Å². The van der Waals surface area contributed by atoms with Gasteiger partial charge in [0.2, 0.25) is 0 Å². The lowest BCUT2D eigenvalue weighted by atomic mass is 9.58. The van der Waals surface area contributed by atoms with Crippen LogP contribution in [0.5, 0.6) is 0 Å². The van der Waals surface area contributed by atoms with Crippen molar-refractivity contribution in [2.24, 2.45) is 15.7 Å². The van der Waals surface area contributed by atoms with Gasteiger partial charge in [0.15, 0.2) is 0 Å². The van der Waals surface area contributed by atoms with Crippen molar-refractivity contribution in [3.05, 3.63) is 0 Å². The van der Waals surface area contributed by atoms with Crippen molar-refractivity contribution in [1.29, 1.82) is 0 Å². The fourth-order valence-corrected chi connectivity index (χ4v) is 3.95. The van der Waals surface area contributed by atoms with Crippen LogP contribution in [0.2, 0.25) is 0 Å². The molecule has 1 aliphatic carbocycles. The third-order valence-corrected chi connectivity index (χ3v) is 6.12. The third kappa shape index (κ3) is 5.12. The summed E-state index contributed by atoms with van der Waals surface area (Å²) in [6.45, 7) is 13.0. The molecule has 0 aromatic heterocycles. The quantitative estimate of drug-likeness (QED) is 0.556. The van der Waals surface area contributed by atoms with E-state index in [-0.39, 0.29) is 10.8 Å². The van der Waals surface area contributed by atoms with Crippen molar-refractivity contribution in [2.45, 2.75) is 77.6 Å². The van der Waals surface area contributed by atoms with Gasteiger partial charge in [-0.25, -0.2) is 4.79 Å². The predicted octanol–water partition coefficient (Wildman–Crippen LogP) is 3.95. The van der Waals surface area contributed by atoms with E-state index in [4.69, 9.17) is 4.74 Å². The molecule has 1 spiro atoms. The number of hydrogen-bond acceptors (Lipinski definition) is 4. The first kappa shape index (κ1) is 19.6. The zero-order valence-electron chi connectivity index (χ0n) is 15.9. The summed E-state index contributed by atoms with van der Waals surface area (Å²) in [7, 11) is 0. The van der Waals surface area contributed by atoms with Crippen LogP contribution in [0.3, 0.4) is 0 Å². The lowest BCUT2D eigenvalue weighted by molar-refractivity contribution is -0.0134. The van der Waals surface area contributed by atoms with Gasteiger partial charge < -0.3 is 14.2 Å². The highest BCUT2D eigenvalue weighted by Crippen LogP contribution is 2.52. The Hall–Kier alpha value is -0.750. The summed E-state index contributed by atoms with van der Waals surface area (Å²) < 4.78 is 21.4. The van der Waals surface area contributed by atoms with E-state index in [0.29, 0.717) is 11.3 Å². The summed E-state index contributed by atoms with van der Waals surface area (Å²) in [6.07, 6.45) is 5.94. The van der Waals surface area contributed by atoms with Gasteiger partial charge >= 0.3 is 6.09 Å². The number of hydrogen-bond donors (Lipinski definition) is 0. The molecule has 1 unspecified atom stereocenters. The van der Waals surface area contributed by atoms with E-state index in [1.54, 1.807) is 0 Å². The van der Waals surface area contributed by atoms with E-state index >= 15 is 0 Å². The lowest BCUT2D eigenvalue weighted by Crippen LogP contribution is -2.50. The minimum Gasteiger partial charge on any atom is -0.591 e. The first-order valence-corrected chi connectivity index (χ1v) is 9.95. The van der Waals surface area contributed by atoms with Crippen molar-refractivity contribution >= 4 is 23.7 Å². The Labute approximate surface area is 149 Å². The molecule has 0 aromatic rings. The molecule has 1 atom stereocenters. The molecule has 2 rings (SSSR count). The number of carbonyl (C=O) groups excluding carboxylic acids is 1. The lowest BCUT2D eigenvalue weighted by Gasteiger charge is -2.51. The van der Waals surface area contributed by atoms with E-state index in [9.17, 15) is 9.35 Å². The monoisotopic (exact) mass is 356 g/mol. The highest BCUT2D eigenvalue weighted by atomic mass is 32.2. The van der Waals surface area contributed by atoms with Crippen LogP contribution in [0.4, 0.5) is 4.79 Å². The van der Waals surface area contributed by atoms with Gasteiger partial charge in [-0.2, -0.15) is 0 Å². The first-order chi connectivity index (χ1) is 10.9. The zero-order chi connectivity index (χ0) is 18.2. The Morgan fingerprint density at radius 3 is 2.21 bits per heavy atom. The Morgan fingerprint density at radius 1 is 1.21 bits per heavy atom. The van der Waals surface area contributed by atoms with Crippen LogP contribution in [0, 0.1) is 11.3 Å². The average Bonchev–Trinajstić information content (AvgIpc) is 2.39. The van der Waals surface area contributed by atoms with E-state index in [0.717, 1.165) is 38.8 Å². The van der Waals surface area contributed by atoms with Crippen LogP contribution in [0.25, 0.3) is 0 Å². The second-order valence-electron chi connectivity index (χ2n) is 9.25. The molecule has 2 fully saturated rings. The SMILES string of the molecule is CC(C)(C)OC(=O)N1CCC2(CC1)CC(/C=N/[S+]([O-])C(C)(C)C)C2. The highest BCUT2D eigenvalue weighted by molar-refractivity contribution is 7.91. The highest BCUT2D eigenvalue weighted by Gasteiger charge is 2.46. The Bertz CT molecular complexity index is 477. The van der Waals surface area contributed by atoms with Gasteiger partial charge in [0.05, 0.1) is 6.21 Å². The van der Waals surface area contributed by atoms with Gasteiger partial charge in [-0.05, 0) is 78.6 Å². The van der Waals surface area contributed by atoms with E-state index < -0.39 is 17.0 Å². The number of piperidine rings is 1. The summed E-state index contributed by atoms with van der Waals surface area (Å²) in [4.78, 5) is 13.9. The van der Waals surface area contributed by atoms with Crippen LogP contribution in [0.1, 0.15) is 67.2 Å². The van der Waals surface area contributed by atoms with Crippen LogP contribution in [0.15, 0.2) is 4.40 Å². The molecule has 1 aliphatic heterocycles. The summed E-state index contributed by atoms with van der Waals surface area (Å²) in [5.41, 5.74) is -0.0919. The minimum absolute atomic E-state index is 0.199. The Kier molecular flexibility index (Phi) is 5.60. The number of likely N-dealkylation sites (tertiary alicyclic amines) is 1. The van der Waals surface area contributed by atoms with Gasteiger partial charge in [0.1, 0.15) is 21.7 Å². The largest absolute Gasteiger partial charge is 0.591 e. The maximum absolute atomic E-state index is 12.1. The normalized spacial score (nSPS) is 23.4. The van der Waals surface area contributed by atoms with E-state index in [2.05, 4.69) is 4.40 Å².